The molecule has 0 spiro atoms. The summed E-state index contributed by atoms with van der Waals surface area (Å²) < 4.78 is 0. The minimum atomic E-state index is -1.02. The summed E-state index contributed by atoms with van der Waals surface area (Å²) in [4.78, 5) is 53.4. The number of carbonyl (C=O) groups excluding carboxylic acids is 3. The van der Waals surface area contributed by atoms with Gasteiger partial charge in [0, 0.05) is 32.9 Å². The molecular formula is C18H26N6O7. The van der Waals surface area contributed by atoms with Crippen molar-refractivity contribution < 1.29 is 34.6 Å². The van der Waals surface area contributed by atoms with Gasteiger partial charge in [-0.1, -0.05) is 12.1 Å². The van der Waals surface area contributed by atoms with Crippen molar-refractivity contribution in [1.29, 1.82) is 0 Å². The zero-order chi connectivity index (χ0) is 22.1. The largest absolute Gasteiger partial charge is 0.481 e. The van der Waals surface area contributed by atoms with E-state index in [1.165, 1.54) is 25.2 Å². The Morgan fingerprint density at radius 3 is 2.58 bits per heavy atom. The topological polar surface area (TPSA) is 184 Å². The molecule has 31 heavy (non-hydrogen) atoms. The smallest absolute Gasteiger partial charge is 0.434 e. The molecule has 1 heterocycles. The first kappa shape index (κ1) is 25.2. The third-order valence-corrected chi connectivity index (χ3v) is 4.10. The summed E-state index contributed by atoms with van der Waals surface area (Å²) in [7, 11) is 3.08. The van der Waals surface area contributed by atoms with E-state index in [0.29, 0.717) is 24.2 Å². The normalized spacial score (nSPS) is 15.2. The fourth-order valence-corrected chi connectivity index (χ4v) is 2.56. The predicted molar refractivity (Wildman–Crippen MR) is 110 cm³/mol. The Balaban J connectivity index is 0.00000480. The van der Waals surface area contributed by atoms with Gasteiger partial charge in [0.2, 0.25) is 5.91 Å². The molecule has 0 aromatic heterocycles. The van der Waals surface area contributed by atoms with Gasteiger partial charge < -0.3 is 35.9 Å². The number of aliphatic carboxylic acids is 1. The van der Waals surface area contributed by atoms with Crippen LogP contribution in [0.25, 0.3) is 0 Å². The molecule has 1 atom stereocenters. The van der Waals surface area contributed by atoms with E-state index in [2.05, 4.69) is 26.2 Å². The molecule has 1 aromatic carbocycles. The molecule has 1 aliphatic rings. The lowest BCUT2D eigenvalue weighted by atomic mass is 10.2. The van der Waals surface area contributed by atoms with Crippen LogP contribution < -0.4 is 21.1 Å². The van der Waals surface area contributed by atoms with Crippen LogP contribution in [0.2, 0.25) is 0 Å². The average molecular weight is 438 g/mol. The number of amides is 4. The quantitative estimate of drug-likeness (QED) is 0.305. The van der Waals surface area contributed by atoms with E-state index in [-0.39, 0.29) is 24.3 Å². The Labute approximate surface area is 178 Å². The number of hydrazone groups is 1. The first-order valence-electron chi connectivity index (χ1n) is 9.11. The highest BCUT2D eigenvalue weighted by Gasteiger charge is 2.33. The number of urea groups is 1. The lowest BCUT2D eigenvalue weighted by Crippen LogP contribution is -2.46. The number of rotatable bonds is 8. The van der Waals surface area contributed by atoms with E-state index in [1.807, 2.05) is 0 Å². The molecule has 0 unspecified atom stereocenters. The van der Waals surface area contributed by atoms with Crippen molar-refractivity contribution >= 4 is 35.9 Å². The molecular weight excluding hydrogens is 412 g/mol. The third-order valence-electron chi connectivity index (χ3n) is 4.10. The molecule has 13 heteroatoms. The molecule has 1 fully saturated rings. The first-order valence-corrected chi connectivity index (χ1v) is 9.11. The highest BCUT2D eigenvalue weighted by Crippen LogP contribution is 2.21. The molecule has 2 rings (SSSR count). The minimum Gasteiger partial charge on any atom is -0.481 e. The van der Waals surface area contributed by atoms with Gasteiger partial charge in [-0.25, -0.2) is 9.59 Å². The van der Waals surface area contributed by atoms with Gasteiger partial charge in [0.05, 0.1) is 12.6 Å². The number of carboxylic acids is 1. The third kappa shape index (κ3) is 7.81. The van der Waals surface area contributed by atoms with Crippen LogP contribution in [0.3, 0.4) is 0 Å². The summed E-state index contributed by atoms with van der Waals surface area (Å²) in [5.74, 6) is -1.26. The minimum absolute atomic E-state index is 0. The maximum atomic E-state index is 12.5. The number of benzene rings is 1. The van der Waals surface area contributed by atoms with E-state index < -0.39 is 24.1 Å². The Bertz CT molecular complexity index is 812. The van der Waals surface area contributed by atoms with Crippen LogP contribution in [-0.2, 0) is 14.4 Å². The monoisotopic (exact) mass is 438 g/mol. The number of hydrogen-bond acceptors (Lipinski definition) is 7. The van der Waals surface area contributed by atoms with Crippen LogP contribution >= 0.6 is 0 Å². The van der Waals surface area contributed by atoms with Crippen molar-refractivity contribution in [3.63, 3.8) is 0 Å². The van der Waals surface area contributed by atoms with Crippen LogP contribution in [0.4, 0.5) is 15.3 Å². The Morgan fingerprint density at radius 1 is 1.29 bits per heavy atom. The van der Waals surface area contributed by atoms with Gasteiger partial charge in [-0.15, -0.1) is 5.59 Å². The number of hydrogen-bond donors (Lipinski definition) is 4. The number of nitrogens with zero attached hydrogens (tertiary/aromatic N) is 3. The van der Waals surface area contributed by atoms with Crippen molar-refractivity contribution in [2.75, 3.05) is 32.1 Å². The van der Waals surface area contributed by atoms with Crippen molar-refractivity contribution in [2.45, 2.75) is 18.9 Å². The summed E-state index contributed by atoms with van der Waals surface area (Å²) in [5.41, 5.74) is 3.55. The maximum Gasteiger partial charge on any atom is 0.434 e. The van der Waals surface area contributed by atoms with Gasteiger partial charge >= 0.3 is 18.1 Å². The Morgan fingerprint density at radius 2 is 1.97 bits per heavy atom. The summed E-state index contributed by atoms with van der Waals surface area (Å²) in [5, 5.41) is 17.3. The first-order chi connectivity index (χ1) is 14.3. The maximum absolute atomic E-state index is 12.5. The summed E-state index contributed by atoms with van der Waals surface area (Å²) in [6, 6.07) is 5.69. The van der Waals surface area contributed by atoms with Gasteiger partial charge in [0.25, 0.3) is 0 Å². The predicted octanol–water partition coefficient (Wildman–Crippen LogP) is -0.722. The van der Waals surface area contributed by atoms with E-state index in [0.717, 1.165) is 0 Å². The van der Waals surface area contributed by atoms with E-state index >= 15 is 0 Å². The van der Waals surface area contributed by atoms with Crippen LogP contribution in [0, 0.1) is 0 Å². The standard InChI is InChI=1S/C18H24N6O6.H2O/c1-23(2)18(29)30-22-20-11-12-3-5-13(6-4-12)24-10-8-14(16(24)27)21-17(28)19-9-7-15(25)26;/h3-6,11,14,22H,7-10H2,1-2H3,(H,25,26)(H2,19,21,28);1H2/t14-;/m0./s1. The van der Waals surface area contributed by atoms with Gasteiger partial charge in [-0.2, -0.15) is 5.10 Å². The number of carboxylic acid groups (broad SMARTS) is 1. The summed E-state index contributed by atoms with van der Waals surface area (Å²) in [6.45, 7) is 0.423. The molecule has 0 saturated carbocycles. The van der Waals surface area contributed by atoms with E-state index in [1.54, 1.807) is 29.2 Å². The zero-order valence-electron chi connectivity index (χ0n) is 17.1. The second kappa shape index (κ2) is 12.0. The van der Waals surface area contributed by atoms with E-state index in [9.17, 15) is 19.2 Å². The Kier molecular flexibility index (Phi) is 9.72. The number of anilines is 1. The van der Waals surface area contributed by atoms with Crippen LogP contribution in [0.15, 0.2) is 29.4 Å². The molecule has 170 valence electrons. The molecule has 1 aromatic rings. The molecule has 0 aliphatic carbocycles. The van der Waals surface area contributed by atoms with Gasteiger partial charge in [-0.3, -0.25) is 9.59 Å². The highest BCUT2D eigenvalue weighted by molar-refractivity contribution is 6.01. The number of nitrogens with one attached hydrogen (secondary N) is 3. The summed E-state index contributed by atoms with van der Waals surface area (Å²) >= 11 is 0. The van der Waals surface area contributed by atoms with Crippen LogP contribution in [0.1, 0.15) is 18.4 Å². The van der Waals surface area contributed by atoms with E-state index in [4.69, 9.17) is 5.11 Å². The summed E-state index contributed by atoms with van der Waals surface area (Å²) in [6.07, 6.45) is 1.11. The second-order valence-corrected chi connectivity index (χ2v) is 6.58. The zero-order valence-corrected chi connectivity index (χ0v) is 17.1. The molecule has 13 nitrogen and oxygen atoms in total. The van der Waals surface area contributed by atoms with Gasteiger partial charge in [0.1, 0.15) is 6.04 Å². The number of carbonyl (C=O) groups is 4. The second-order valence-electron chi connectivity index (χ2n) is 6.58. The lowest BCUT2D eigenvalue weighted by molar-refractivity contribution is -0.136. The van der Waals surface area contributed by atoms with Crippen molar-refractivity contribution in [3.8, 4) is 0 Å². The van der Waals surface area contributed by atoms with Crippen molar-refractivity contribution in [2.24, 2.45) is 5.10 Å². The molecule has 1 aliphatic heterocycles. The van der Waals surface area contributed by atoms with Crippen molar-refractivity contribution in [1.82, 2.24) is 21.1 Å². The van der Waals surface area contributed by atoms with Crippen LogP contribution in [-0.4, -0.2) is 78.9 Å². The molecule has 4 amide bonds. The molecule has 0 radical (unpaired) electrons. The van der Waals surface area contributed by atoms with Gasteiger partial charge in [-0.05, 0) is 24.1 Å². The SMILES string of the molecule is CN(C)C(=O)ONN=Cc1ccc(N2CC[C@H](NC(=O)NCCC(=O)O)C2=O)cc1.O. The highest BCUT2D eigenvalue weighted by atomic mass is 16.7. The average Bonchev–Trinajstić information content (AvgIpc) is 3.05. The Hall–Kier alpha value is -3.87. The fraction of sp³-hybridized carbons (Fsp3) is 0.389. The van der Waals surface area contributed by atoms with Crippen LogP contribution in [0.5, 0.6) is 0 Å². The van der Waals surface area contributed by atoms with Gasteiger partial charge in [0.15, 0.2) is 0 Å². The molecule has 6 N–H and O–H groups in total. The molecule has 0 bridgehead atoms. The fourth-order valence-electron chi connectivity index (χ4n) is 2.56. The van der Waals surface area contributed by atoms with Crippen molar-refractivity contribution in [3.05, 3.63) is 29.8 Å². The lowest BCUT2D eigenvalue weighted by Gasteiger charge is -2.17. The molecule has 1 saturated heterocycles.